The number of nitrogens with zero attached hydrogens (tertiary/aromatic N) is 3. The van der Waals surface area contributed by atoms with Gasteiger partial charge in [-0.2, -0.15) is 0 Å². The number of aromatic nitrogens is 3. The maximum atomic E-state index is 13.9. The molecule has 2 aromatic heterocycles. The van der Waals surface area contributed by atoms with E-state index in [1.807, 2.05) is 77.2 Å². The molecule has 0 aliphatic heterocycles. The molecule has 8 nitrogen and oxygen atoms in total. The van der Waals surface area contributed by atoms with Gasteiger partial charge in [-0.15, -0.1) is 0 Å². The van der Waals surface area contributed by atoms with E-state index in [0.717, 1.165) is 16.7 Å². The number of hydrogen-bond donors (Lipinski definition) is 2. The molecule has 0 fully saturated rings. The quantitative estimate of drug-likeness (QED) is 0.320. The number of amides is 1. The van der Waals surface area contributed by atoms with Crippen LogP contribution in [0.3, 0.4) is 0 Å². The highest BCUT2D eigenvalue weighted by Crippen LogP contribution is 2.28. The summed E-state index contributed by atoms with van der Waals surface area (Å²) in [5.41, 5.74) is 3.16. The Hall–Kier alpha value is -3.75. The van der Waals surface area contributed by atoms with Gasteiger partial charge < -0.3 is 15.4 Å². The molecule has 9 heteroatoms. The van der Waals surface area contributed by atoms with E-state index < -0.39 is 0 Å². The van der Waals surface area contributed by atoms with Gasteiger partial charge in [0.2, 0.25) is 5.91 Å². The maximum Gasteiger partial charge on any atom is 0.263 e. The van der Waals surface area contributed by atoms with Gasteiger partial charge in [-0.05, 0) is 82.3 Å². The largest absolute Gasteiger partial charge is 0.491 e. The predicted molar refractivity (Wildman–Crippen MR) is 151 cm³/mol. The van der Waals surface area contributed by atoms with Gasteiger partial charge in [0.05, 0.1) is 11.5 Å². The number of rotatable bonds is 9. The fraction of sp³-hybridized carbons (Fsp3) is 0.310. The lowest BCUT2D eigenvalue weighted by molar-refractivity contribution is -0.122. The van der Waals surface area contributed by atoms with E-state index in [1.165, 1.54) is 4.57 Å². The molecule has 0 unspecified atom stereocenters. The van der Waals surface area contributed by atoms with E-state index in [2.05, 4.69) is 15.6 Å². The second-order valence-electron chi connectivity index (χ2n) is 9.72. The predicted octanol–water partition coefficient (Wildman–Crippen LogP) is 4.81. The van der Waals surface area contributed by atoms with Crippen LogP contribution in [0.2, 0.25) is 5.02 Å². The van der Waals surface area contributed by atoms with Gasteiger partial charge in [0.15, 0.2) is 5.65 Å². The van der Waals surface area contributed by atoms with E-state index in [9.17, 15) is 9.59 Å². The highest BCUT2D eigenvalue weighted by atomic mass is 35.5. The molecule has 38 heavy (non-hydrogen) atoms. The van der Waals surface area contributed by atoms with E-state index in [4.69, 9.17) is 21.3 Å². The minimum absolute atomic E-state index is 0.0194. The minimum atomic E-state index is -0.356. The maximum absolute atomic E-state index is 13.9. The van der Waals surface area contributed by atoms with Gasteiger partial charge >= 0.3 is 0 Å². The average Bonchev–Trinajstić information content (AvgIpc) is 2.84. The lowest BCUT2D eigenvalue weighted by Crippen LogP contribution is -2.37. The van der Waals surface area contributed by atoms with Crippen molar-refractivity contribution in [1.29, 1.82) is 0 Å². The molecule has 0 saturated heterocycles. The monoisotopic (exact) mass is 533 g/mol. The minimum Gasteiger partial charge on any atom is -0.491 e. The Morgan fingerprint density at radius 2 is 1.84 bits per heavy atom. The third kappa shape index (κ3) is 6.38. The Bertz CT molecular complexity index is 1530. The Kier molecular flexibility index (Phi) is 8.44. The van der Waals surface area contributed by atoms with E-state index >= 15 is 0 Å². The van der Waals surface area contributed by atoms with Gasteiger partial charge in [0.1, 0.15) is 18.1 Å². The van der Waals surface area contributed by atoms with Gasteiger partial charge in [-0.3, -0.25) is 14.2 Å². The molecule has 0 atom stereocenters. The zero-order valence-electron chi connectivity index (χ0n) is 22.2. The first-order valence-corrected chi connectivity index (χ1v) is 12.9. The van der Waals surface area contributed by atoms with Crippen LogP contribution in [0.1, 0.15) is 33.3 Å². The summed E-state index contributed by atoms with van der Waals surface area (Å²) in [6.07, 6.45) is 1.66. The molecule has 1 amide bonds. The second-order valence-corrected chi connectivity index (χ2v) is 10.2. The van der Waals surface area contributed by atoms with Crippen LogP contribution in [0.15, 0.2) is 59.5 Å². The fourth-order valence-corrected chi connectivity index (χ4v) is 4.50. The summed E-state index contributed by atoms with van der Waals surface area (Å²) in [4.78, 5) is 35.9. The Labute approximate surface area is 227 Å². The number of ether oxygens (including phenoxy) is 1. The first-order chi connectivity index (χ1) is 18.1. The molecule has 0 radical (unpaired) electrons. The summed E-state index contributed by atoms with van der Waals surface area (Å²) < 4.78 is 7.24. The number of fused-ring (bicyclic) bond motifs is 1. The number of carbonyl (C=O) groups is 1. The van der Waals surface area contributed by atoms with Gasteiger partial charge in [0, 0.05) is 34.9 Å². The normalized spacial score (nSPS) is 11.4. The highest BCUT2D eigenvalue weighted by Gasteiger charge is 2.18. The van der Waals surface area contributed by atoms with Crippen molar-refractivity contribution in [2.45, 2.75) is 52.9 Å². The summed E-state index contributed by atoms with van der Waals surface area (Å²) in [5.74, 6) is 0.705. The van der Waals surface area contributed by atoms with Gasteiger partial charge in [-0.25, -0.2) is 9.97 Å². The third-order valence-electron chi connectivity index (χ3n) is 5.70. The molecule has 0 saturated carbocycles. The number of carbonyl (C=O) groups excluding carboxylic acids is 1. The number of halogens is 1. The molecule has 2 N–H and O–H groups in total. The van der Waals surface area contributed by atoms with Crippen LogP contribution < -0.4 is 20.9 Å². The second kappa shape index (κ2) is 11.8. The van der Waals surface area contributed by atoms with Crippen LogP contribution in [-0.4, -0.2) is 39.6 Å². The lowest BCUT2D eigenvalue weighted by Gasteiger charge is -2.16. The smallest absolute Gasteiger partial charge is 0.263 e. The lowest BCUT2D eigenvalue weighted by atomic mass is 10.0. The van der Waals surface area contributed by atoms with Crippen molar-refractivity contribution >= 4 is 28.5 Å². The van der Waals surface area contributed by atoms with Crippen LogP contribution in [0.25, 0.3) is 33.5 Å². The first kappa shape index (κ1) is 27.3. The zero-order chi connectivity index (χ0) is 27.4. The summed E-state index contributed by atoms with van der Waals surface area (Å²) in [5, 5.41) is 6.88. The summed E-state index contributed by atoms with van der Waals surface area (Å²) >= 11 is 6.36. The molecule has 198 valence electrons. The SMILES string of the molecule is CNCc1cc(Cl)cc(-c2cnc3nc(-c4cccc(OC(C)C)c4)n(CC(=O)NC(C)C)c(=O)c3c2)c1. The number of nitrogens with one attached hydrogen (secondary N) is 2. The van der Waals surface area contributed by atoms with Crippen molar-refractivity contribution < 1.29 is 9.53 Å². The summed E-state index contributed by atoms with van der Waals surface area (Å²) in [6.45, 7) is 8.09. The van der Waals surface area contributed by atoms with Crippen LogP contribution in [-0.2, 0) is 17.9 Å². The molecular weight excluding hydrogens is 502 g/mol. The first-order valence-electron chi connectivity index (χ1n) is 12.6. The van der Waals surface area contributed by atoms with Crippen molar-refractivity contribution in [3.8, 4) is 28.3 Å². The number of benzene rings is 2. The van der Waals surface area contributed by atoms with Gasteiger partial charge in [-0.1, -0.05) is 23.7 Å². The van der Waals surface area contributed by atoms with E-state index in [-0.39, 0.29) is 30.2 Å². The molecule has 4 rings (SSSR count). The van der Waals surface area contributed by atoms with Crippen LogP contribution in [0.5, 0.6) is 5.75 Å². The van der Waals surface area contributed by atoms with Crippen molar-refractivity contribution in [2.75, 3.05) is 7.05 Å². The molecular formula is C29H32ClN5O3. The van der Waals surface area contributed by atoms with Crippen molar-refractivity contribution in [1.82, 2.24) is 25.2 Å². The molecule has 0 aliphatic rings. The summed E-state index contributed by atoms with van der Waals surface area (Å²) in [7, 11) is 1.87. The van der Waals surface area contributed by atoms with Crippen molar-refractivity contribution in [3.63, 3.8) is 0 Å². The molecule has 4 aromatic rings. The third-order valence-corrected chi connectivity index (χ3v) is 5.92. The topological polar surface area (TPSA) is 98.1 Å². The zero-order valence-corrected chi connectivity index (χ0v) is 23.0. The fourth-order valence-electron chi connectivity index (χ4n) is 4.25. The van der Waals surface area contributed by atoms with Crippen LogP contribution in [0, 0.1) is 0 Å². The van der Waals surface area contributed by atoms with E-state index in [0.29, 0.717) is 39.7 Å². The molecule has 2 aromatic carbocycles. The van der Waals surface area contributed by atoms with E-state index in [1.54, 1.807) is 12.3 Å². The highest BCUT2D eigenvalue weighted by molar-refractivity contribution is 6.31. The molecule has 0 spiro atoms. The van der Waals surface area contributed by atoms with Crippen LogP contribution in [0.4, 0.5) is 0 Å². The molecule has 0 aliphatic carbocycles. The van der Waals surface area contributed by atoms with Gasteiger partial charge in [0.25, 0.3) is 5.56 Å². The van der Waals surface area contributed by atoms with Crippen LogP contribution >= 0.6 is 11.6 Å². The molecule has 0 bridgehead atoms. The molecule has 2 heterocycles. The Morgan fingerprint density at radius 3 is 2.55 bits per heavy atom. The average molecular weight is 534 g/mol. The Balaban J connectivity index is 1.88. The standard InChI is InChI=1S/C29H32ClN5O3/c1-17(2)33-26(36)16-35-28(20-7-6-8-24(12-20)38-18(3)4)34-27-25(29(35)37)13-22(15-32-27)21-9-19(14-31-5)10-23(30)11-21/h6-13,15,17-18,31H,14,16H2,1-5H3,(H,33,36). The van der Waals surface area contributed by atoms with Crippen molar-refractivity contribution in [3.05, 3.63) is 75.7 Å². The number of hydrogen-bond acceptors (Lipinski definition) is 6. The Morgan fingerprint density at radius 1 is 1.05 bits per heavy atom. The number of pyridine rings is 1. The van der Waals surface area contributed by atoms with Crippen molar-refractivity contribution in [2.24, 2.45) is 0 Å². The summed E-state index contributed by atoms with van der Waals surface area (Å²) in [6, 6.07) is 14.7.